The van der Waals surface area contributed by atoms with E-state index in [1.165, 1.54) is 34.2 Å². The van der Waals surface area contributed by atoms with Crippen LogP contribution in [0.25, 0.3) is 0 Å². The lowest BCUT2D eigenvalue weighted by atomic mass is 10.3. The van der Waals surface area contributed by atoms with Gasteiger partial charge in [-0.15, -0.1) is 0 Å². The second-order valence-corrected chi connectivity index (χ2v) is 6.69. The Bertz CT molecular complexity index is 804. The molecule has 25 heavy (non-hydrogen) atoms. The zero-order chi connectivity index (χ0) is 18.5. The normalized spacial score (nSPS) is 12.1. The number of rotatable bonds is 7. The predicted octanol–water partition coefficient (Wildman–Crippen LogP) is 1.15. The van der Waals surface area contributed by atoms with E-state index in [2.05, 4.69) is 15.4 Å². The molecule has 8 nitrogen and oxygen atoms in total. The minimum Gasteiger partial charge on any atom is -0.326 e. The van der Waals surface area contributed by atoms with Crippen LogP contribution >= 0.6 is 0 Å². The molecule has 0 saturated heterocycles. The third-order valence-corrected chi connectivity index (χ3v) is 4.36. The maximum absolute atomic E-state index is 12.1. The molecule has 0 unspecified atom stereocenters. The molecule has 1 aromatic carbocycles. The van der Waals surface area contributed by atoms with E-state index in [9.17, 15) is 26.4 Å². The van der Waals surface area contributed by atoms with Crippen molar-refractivity contribution in [2.75, 3.05) is 11.9 Å². The van der Waals surface area contributed by atoms with Gasteiger partial charge in [-0.3, -0.25) is 9.48 Å². The van der Waals surface area contributed by atoms with E-state index in [1.54, 1.807) is 0 Å². The summed E-state index contributed by atoms with van der Waals surface area (Å²) in [5.74, 6) is -0.332. The van der Waals surface area contributed by atoms with Crippen LogP contribution in [0.5, 0.6) is 0 Å². The highest BCUT2D eigenvalue weighted by Gasteiger charge is 2.30. The Labute approximate surface area is 141 Å². The molecule has 2 rings (SSSR count). The number of nitrogens with one attached hydrogen (secondary N) is 2. The van der Waals surface area contributed by atoms with Gasteiger partial charge < -0.3 is 5.32 Å². The number of aromatic nitrogens is 3. The van der Waals surface area contributed by atoms with Crippen molar-refractivity contribution in [3.63, 3.8) is 0 Å². The molecular weight excluding hydrogens is 363 g/mol. The maximum Gasteiger partial charge on any atom is 0.402 e. The van der Waals surface area contributed by atoms with Crippen LogP contribution in [0.1, 0.15) is 6.42 Å². The lowest BCUT2D eigenvalue weighted by Gasteiger charge is -2.10. The van der Waals surface area contributed by atoms with Crippen LogP contribution in [0.15, 0.2) is 41.8 Å². The topological polar surface area (TPSA) is 106 Å². The van der Waals surface area contributed by atoms with Crippen LogP contribution < -0.4 is 10.0 Å². The summed E-state index contributed by atoms with van der Waals surface area (Å²) in [6, 6.07) is 4.78. The highest BCUT2D eigenvalue weighted by molar-refractivity contribution is 7.89. The van der Waals surface area contributed by atoms with E-state index in [4.69, 9.17) is 0 Å². The van der Waals surface area contributed by atoms with Crippen molar-refractivity contribution in [2.45, 2.75) is 24.0 Å². The number of nitrogens with zero attached hydrogens (tertiary/aromatic N) is 3. The van der Waals surface area contributed by atoms with Crippen molar-refractivity contribution < 1.29 is 26.4 Å². The van der Waals surface area contributed by atoms with Gasteiger partial charge in [-0.1, -0.05) is 0 Å². The van der Waals surface area contributed by atoms with Crippen molar-refractivity contribution in [1.82, 2.24) is 19.5 Å². The summed E-state index contributed by atoms with van der Waals surface area (Å²) in [6.45, 7) is -1.34. The van der Waals surface area contributed by atoms with Crippen molar-refractivity contribution in [2.24, 2.45) is 0 Å². The molecule has 2 aromatic rings. The first-order valence-corrected chi connectivity index (χ1v) is 8.43. The van der Waals surface area contributed by atoms with Crippen LogP contribution in [0.3, 0.4) is 0 Å². The molecule has 1 amide bonds. The molecule has 0 radical (unpaired) electrons. The number of carbonyl (C=O) groups is 1. The summed E-state index contributed by atoms with van der Waals surface area (Å²) in [5, 5.41) is 6.38. The lowest BCUT2D eigenvalue weighted by Crippen LogP contribution is -2.33. The second kappa shape index (κ2) is 7.61. The van der Waals surface area contributed by atoms with Gasteiger partial charge in [0.05, 0.1) is 11.4 Å². The summed E-state index contributed by atoms with van der Waals surface area (Å²) in [6.07, 6.45) is -1.73. The number of halogens is 3. The number of anilines is 1. The van der Waals surface area contributed by atoms with E-state index in [-0.39, 0.29) is 17.2 Å². The van der Waals surface area contributed by atoms with Gasteiger partial charge in [0, 0.05) is 12.1 Å². The number of sulfonamides is 1. The van der Waals surface area contributed by atoms with Crippen LogP contribution in [-0.4, -0.2) is 41.8 Å². The third kappa shape index (κ3) is 6.15. The van der Waals surface area contributed by atoms with Crippen LogP contribution in [-0.2, 0) is 21.4 Å². The number of benzene rings is 1. The Hall–Kier alpha value is -2.47. The second-order valence-electron chi connectivity index (χ2n) is 4.92. The number of carbonyl (C=O) groups excluding carboxylic acids is 1. The fourth-order valence-electron chi connectivity index (χ4n) is 1.77. The van der Waals surface area contributed by atoms with E-state index < -0.39 is 22.7 Å². The quantitative estimate of drug-likeness (QED) is 0.753. The Kier molecular flexibility index (Phi) is 5.74. The first kappa shape index (κ1) is 18.9. The molecule has 2 N–H and O–H groups in total. The Morgan fingerprint density at radius 2 is 1.88 bits per heavy atom. The number of aryl methyl sites for hydroxylation is 1. The Morgan fingerprint density at radius 1 is 1.20 bits per heavy atom. The molecule has 1 aromatic heterocycles. The van der Waals surface area contributed by atoms with Gasteiger partial charge in [0.1, 0.15) is 19.2 Å². The van der Waals surface area contributed by atoms with Gasteiger partial charge in [0.25, 0.3) is 0 Å². The summed E-state index contributed by atoms with van der Waals surface area (Å²) in [7, 11) is -4.28. The molecule has 0 aliphatic rings. The van der Waals surface area contributed by atoms with Crippen LogP contribution in [0.4, 0.5) is 18.9 Å². The third-order valence-electron chi connectivity index (χ3n) is 2.95. The molecule has 12 heteroatoms. The fraction of sp³-hybridized carbons (Fsp3) is 0.308. The SMILES string of the molecule is O=C(CCn1cncn1)Nc1ccc(S(=O)(=O)NCC(F)(F)F)cc1. The molecular formula is C13H14F3N5O3S. The predicted molar refractivity (Wildman–Crippen MR) is 81.0 cm³/mol. The minimum atomic E-state index is -4.65. The average molecular weight is 377 g/mol. The number of hydrogen-bond acceptors (Lipinski definition) is 5. The highest BCUT2D eigenvalue weighted by Crippen LogP contribution is 2.17. The largest absolute Gasteiger partial charge is 0.402 e. The first-order chi connectivity index (χ1) is 11.7. The van der Waals surface area contributed by atoms with Crippen molar-refractivity contribution in [1.29, 1.82) is 0 Å². The van der Waals surface area contributed by atoms with Gasteiger partial charge in [-0.2, -0.15) is 18.3 Å². The van der Waals surface area contributed by atoms with Gasteiger partial charge in [-0.05, 0) is 24.3 Å². The fourth-order valence-corrected chi connectivity index (χ4v) is 2.78. The van der Waals surface area contributed by atoms with Gasteiger partial charge in [0.2, 0.25) is 15.9 Å². The molecule has 1 heterocycles. The van der Waals surface area contributed by atoms with Crippen molar-refractivity contribution in [3.05, 3.63) is 36.9 Å². The number of hydrogen-bond donors (Lipinski definition) is 2. The molecule has 0 bridgehead atoms. The van der Waals surface area contributed by atoms with Crippen LogP contribution in [0.2, 0.25) is 0 Å². The number of alkyl halides is 3. The Morgan fingerprint density at radius 3 is 2.44 bits per heavy atom. The Balaban J connectivity index is 1.91. The van der Waals surface area contributed by atoms with E-state index in [1.807, 2.05) is 0 Å². The zero-order valence-corrected chi connectivity index (χ0v) is 13.5. The van der Waals surface area contributed by atoms with Crippen LogP contribution in [0, 0.1) is 0 Å². The number of amides is 1. The summed E-state index contributed by atoms with van der Waals surface area (Å²) in [5.41, 5.74) is 0.318. The standard InChI is InChI=1S/C13H14F3N5O3S/c14-13(15,16)7-19-25(23,24)11-3-1-10(2-4-11)20-12(22)5-6-21-9-17-8-18-21/h1-4,8-9,19H,5-7H2,(H,20,22). The highest BCUT2D eigenvalue weighted by atomic mass is 32.2. The average Bonchev–Trinajstić information content (AvgIpc) is 3.05. The van der Waals surface area contributed by atoms with Gasteiger partial charge in [-0.25, -0.2) is 18.1 Å². The molecule has 0 aliphatic carbocycles. The van der Waals surface area contributed by atoms with Gasteiger partial charge >= 0.3 is 6.18 Å². The van der Waals surface area contributed by atoms with Crippen molar-refractivity contribution >= 4 is 21.6 Å². The lowest BCUT2D eigenvalue weighted by molar-refractivity contribution is -0.121. The summed E-state index contributed by atoms with van der Waals surface area (Å²) in [4.78, 5) is 15.2. The molecule has 0 aliphatic heterocycles. The molecule has 0 fully saturated rings. The smallest absolute Gasteiger partial charge is 0.326 e. The summed E-state index contributed by atoms with van der Waals surface area (Å²) >= 11 is 0. The monoisotopic (exact) mass is 377 g/mol. The van der Waals surface area contributed by atoms with E-state index >= 15 is 0 Å². The van der Waals surface area contributed by atoms with E-state index in [0.717, 1.165) is 12.1 Å². The molecule has 0 spiro atoms. The van der Waals surface area contributed by atoms with Crippen molar-refractivity contribution in [3.8, 4) is 0 Å². The first-order valence-electron chi connectivity index (χ1n) is 6.94. The zero-order valence-electron chi connectivity index (χ0n) is 12.7. The maximum atomic E-state index is 12.1. The minimum absolute atomic E-state index is 0.122. The molecule has 136 valence electrons. The molecule has 0 atom stereocenters. The van der Waals surface area contributed by atoms with Gasteiger partial charge in [0.15, 0.2) is 0 Å². The van der Waals surface area contributed by atoms with E-state index in [0.29, 0.717) is 12.2 Å². The molecule has 0 saturated carbocycles. The summed E-state index contributed by atoms with van der Waals surface area (Å²) < 4.78 is 62.7.